The van der Waals surface area contributed by atoms with Crippen molar-refractivity contribution in [3.63, 3.8) is 0 Å². The molecule has 5 atom stereocenters. The summed E-state index contributed by atoms with van der Waals surface area (Å²) in [5, 5.41) is 0. The van der Waals surface area contributed by atoms with Crippen LogP contribution in [0.5, 0.6) is 5.75 Å². The van der Waals surface area contributed by atoms with Gasteiger partial charge < -0.3 is 9.47 Å². The molecule has 2 fully saturated rings. The van der Waals surface area contributed by atoms with Crippen molar-refractivity contribution in [2.45, 2.75) is 45.6 Å². The van der Waals surface area contributed by atoms with Gasteiger partial charge in [-0.05, 0) is 42.9 Å². The summed E-state index contributed by atoms with van der Waals surface area (Å²) in [6.45, 7) is 3.33. The van der Waals surface area contributed by atoms with Crippen LogP contribution < -0.4 is 4.74 Å². The molecular weight excluding hydrogens is 332 g/mol. The molecule has 5 unspecified atom stereocenters. The Morgan fingerprint density at radius 1 is 1.31 bits per heavy atom. The van der Waals surface area contributed by atoms with Crippen molar-refractivity contribution in [3.05, 3.63) is 29.8 Å². The van der Waals surface area contributed by atoms with Gasteiger partial charge in [-0.25, -0.2) is 0 Å². The lowest BCUT2D eigenvalue weighted by molar-refractivity contribution is -0.150. The van der Waals surface area contributed by atoms with E-state index in [1.54, 1.807) is 7.11 Å². The summed E-state index contributed by atoms with van der Waals surface area (Å²) in [7, 11) is 1.58. The van der Waals surface area contributed by atoms with E-state index < -0.39 is 6.10 Å². The second-order valence-electron chi connectivity index (χ2n) is 7.53. The molecule has 5 heteroatoms. The number of fused-ring (bicyclic) bond motifs is 1. The number of ether oxygens (including phenoxy) is 2. The maximum atomic E-state index is 12.6. The average Bonchev–Trinajstić information content (AvgIpc) is 2.91. The van der Waals surface area contributed by atoms with Crippen LogP contribution in [0.15, 0.2) is 24.3 Å². The molecule has 2 aliphatic carbocycles. The Kier molecular flexibility index (Phi) is 5.44. The van der Waals surface area contributed by atoms with Gasteiger partial charge >= 0.3 is 5.97 Å². The third-order valence-corrected chi connectivity index (χ3v) is 5.87. The number of methoxy groups -OCH3 is 1. The smallest absolute Gasteiger partial charge is 0.303 e. The molecule has 26 heavy (non-hydrogen) atoms. The fourth-order valence-electron chi connectivity index (χ4n) is 4.62. The number of rotatable bonds is 5. The van der Waals surface area contributed by atoms with Crippen LogP contribution in [0.25, 0.3) is 0 Å². The first kappa shape index (κ1) is 18.6. The Bertz CT molecular complexity index is 710. The molecule has 2 aliphatic rings. The Labute approximate surface area is 154 Å². The predicted molar refractivity (Wildman–Crippen MR) is 95.6 cm³/mol. The summed E-state index contributed by atoms with van der Waals surface area (Å²) in [4.78, 5) is 36.7. The molecule has 5 nitrogen and oxygen atoms in total. The lowest BCUT2D eigenvalue weighted by Crippen LogP contribution is -2.35. The Hall–Kier alpha value is -2.17. The molecule has 0 heterocycles. The van der Waals surface area contributed by atoms with Gasteiger partial charge in [0.05, 0.1) is 7.11 Å². The van der Waals surface area contributed by atoms with E-state index in [1.165, 1.54) is 6.92 Å². The molecule has 0 radical (unpaired) electrons. The third-order valence-electron chi connectivity index (χ3n) is 5.87. The van der Waals surface area contributed by atoms with Gasteiger partial charge in [0.2, 0.25) is 0 Å². The van der Waals surface area contributed by atoms with Crippen molar-refractivity contribution in [1.82, 2.24) is 0 Å². The maximum Gasteiger partial charge on any atom is 0.303 e. The largest absolute Gasteiger partial charge is 0.497 e. The summed E-state index contributed by atoms with van der Waals surface area (Å²) in [6.07, 6.45) is 1.77. The minimum absolute atomic E-state index is 0.0161. The van der Waals surface area contributed by atoms with Gasteiger partial charge in [-0.1, -0.05) is 19.1 Å². The first-order valence-corrected chi connectivity index (χ1v) is 9.28. The number of Topliss-reactive ketones (excluding diaryl/α,β-unsaturated/α-hetero) is 2. The van der Waals surface area contributed by atoms with E-state index in [4.69, 9.17) is 9.47 Å². The van der Waals surface area contributed by atoms with E-state index >= 15 is 0 Å². The van der Waals surface area contributed by atoms with E-state index in [-0.39, 0.29) is 41.2 Å². The zero-order chi connectivity index (χ0) is 18.8. The third kappa shape index (κ3) is 3.67. The number of esters is 1. The van der Waals surface area contributed by atoms with Crippen LogP contribution in [0.2, 0.25) is 0 Å². The van der Waals surface area contributed by atoms with Gasteiger partial charge in [-0.2, -0.15) is 0 Å². The van der Waals surface area contributed by atoms with Crippen LogP contribution in [-0.2, 0) is 19.1 Å². The highest BCUT2D eigenvalue weighted by molar-refractivity contribution is 5.90. The molecule has 1 aromatic rings. The molecule has 1 aromatic carbocycles. The van der Waals surface area contributed by atoms with E-state index in [9.17, 15) is 14.4 Å². The van der Waals surface area contributed by atoms with Crippen LogP contribution in [0, 0.1) is 23.7 Å². The van der Waals surface area contributed by atoms with Gasteiger partial charge in [-0.3, -0.25) is 14.4 Å². The number of benzene rings is 1. The van der Waals surface area contributed by atoms with Gasteiger partial charge in [0.15, 0.2) is 0 Å². The number of carbonyl (C=O) groups is 3. The monoisotopic (exact) mass is 358 g/mol. The van der Waals surface area contributed by atoms with Crippen molar-refractivity contribution in [3.8, 4) is 5.75 Å². The van der Waals surface area contributed by atoms with Crippen molar-refractivity contribution < 1.29 is 23.9 Å². The van der Waals surface area contributed by atoms with Gasteiger partial charge in [0.1, 0.15) is 23.4 Å². The molecule has 0 amide bonds. The van der Waals surface area contributed by atoms with Crippen LogP contribution in [-0.4, -0.2) is 24.6 Å². The molecule has 0 aliphatic heterocycles. The van der Waals surface area contributed by atoms with Crippen LogP contribution in [0.3, 0.4) is 0 Å². The van der Waals surface area contributed by atoms with E-state index in [2.05, 4.69) is 0 Å². The summed E-state index contributed by atoms with van der Waals surface area (Å²) < 4.78 is 10.8. The topological polar surface area (TPSA) is 69.7 Å². The first-order chi connectivity index (χ1) is 12.4. The minimum Gasteiger partial charge on any atom is -0.497 e. The summed E-state index contributed by atoms with van der Waals surface area (Å²) in [6, 6.07) is 7.38. The highest BCUT2D eigenvalue weighted by Gasteiger charge is 2.49. The first-order valence-electron chi connectivity index (χ1n) is 9.28. The Morgan fingerprint density at radius 2 is 2.08 bits per heavy atom. The molecule has 2 saturated carbocycles. The zero-order valence-corrected chi connectivity index (χ0v) is 15.6. The van der Waals surface area contributed by atoms with Crippen LogP contribution in [0.1, 0.15) is 51.2 Å². The quantitative estimate of drug-likeness (QED) is 0.754. The van der Waals surface area contributed by atoms with Crippen molar-refractivity contribution in [2.24, 2.45) is 23.7 Å². The summed E-state index contributed by atoms with van der Waals surface area (Å²) in [5.74, 6) is 0.607. The fourth-order valence-corrected chi connectivity index (χ4v) is 4.62. The molecular formula is C21H26O5. The number of carbonyl (C=O) groups excluding carboxylic acids is 3. The molecule has 0 spiro atoms. The van der Waals surface area contributed by atoms with Gasteiger partial charge in [-0.15, -0.1) is 0 Å². The zero-order valence-electron chi connectivity index (χ0n) is 15.6. The average molecular weight is 358 g/mol. The van der Waals surface area contributed by atoms with Crippen molar-refractivity contribution in [1.29, 1.82) is 0 Å². The highest BCUT2D eigenvalue weighted by Crippen LogP contribution is 2.47. The molecule has 0 saturated heterocycles. The highest BCUT2D eigenvalue weighted by atomic mass is 16.5. The van der Waals surface area contributed by atoms with Gasteiger partial charge in [0, 0.05) is 31.1 Å². The van der Waals surface area contributed by atoms with Crippen molar-refractivity contribution >= 4 is 17.5 Å². The maximum absolute atomic E-state index is 12.6. The minimum atomic E-state index is -0.513. The second kappa shape index (κ2) is 7.60. The predicted octanol–water partition coefficient (Wildman–Crippen LogP) is 3.51. The summed E-state index contributed by atoms with van der Waals surface area (Å²) in [5.41, 5.74) is 0.812. The molecule has 0 bridgehead atoms. The molecule has 0 N–H and O–H groups in total. The second-order valence-corrected chi connectivity index (χ2v) is 7.53. The van der Waals surface area contributed by atoms with Crippen molar-refractivity contribution in [2.75, 3.05) is 7.11 Å². The lowest BCUT2D eigenvalue weighted by atomic mass is 9.70. The van der Waals surface area contributed by atoms with Crippen LogP contribution >= 0.6 is 0 Å². The van der Waals surface area contributed by atoms with Crippen LogP contribution in [0.4, 0.5) is 0 Å². The lowest BCUT2D eigenvalue weighted by Gasteiger charge is -2.34. The Morgan fingerprint density at radius 3 is 2.77 bits per heavy atom. The molecule has 3 rings (SSSR count). The number of hydrogen-bond acceptors (Lipinski definition) is 5. The van der Waals surface area contributed by atoms with E-state index in [0.717, 1.165) is 12.0 Å². The van der Waals surface area contributed by atoms with Gasteiger partial charge in [0.25, 0.3) is 0 Å². The SMILES string of the molecule is COc1cccc(C(CC2C(=O)CCC3C(=O)C(C)CC23)OC(C)=O)c1. The Balaban J connectivity index is 1.86. The fraction of sp³-hybridized carbons (Fsp3) is 0.571. The standard InChI is InChI=1S/C21H26O5/c1-12-9-17-16(21(12)24)7-8-19(23)18(17)11-20(26-13(2)22)14-5-4-6-15(10-14)25-3/h4-6,10,12,16-18,20H,7-9,11H2,1-3H3. The summed E-state index contributed by atoms with van der Waals surface area (Å²) >= 11 is 0. The number of ketones is 2. The molecule has 140 valence electrons. The van der Waals surface area contributed by atoms with E-state index in [0.29, 0.717) is 25.0 Å². The van der Waals surface area contributed by atoms with E-state index in [1.807, 2.05) is 31.2 Å². The molecule has 0 aromatic heterocycles. The normalized spacial score (nSPS) is 29.2. The number of hydrogen-bond donors (Lipinski definition) is 0.